The van der Waals surface area contributed by atoms with Crippen molar-refractivity contribution in [1.82, 2.24) is 0 Å². The minimum atomic E-state index is -0.757. The molecule has 0 unspecified atom stereocenters. The van der Waals surface area contributed by atoms with Crippen molar-refractivity contribution in [3.05, 3.63) is 0 Å². The summed E-state index contributed by atoms with van der Waals surface area (Å²) in [4.78, 5) is 10.0. The average molecular weight is 141 g/mol. The summed E-state index contributed by atoms with van der Waals surface area (Å²) in [6.45, 7) is 4.99. The fraction of sp³-hybridized carbons (Fsp3) is 0.800. The fourth-order valence-electron chi connectivity index (χ4n) is 0. The zero-order valence-corrected chi connectivity index (χ0v) is 8.98. The van der Waals surface area contributed by atoms with Gasteiger partial charge in [-0.15, -0.1) is 0 Å². The monoisotopic (exact) mass is 141 g/mol. The van der Waals surface area contributed by atoms with Crippen molar-refractivity contribution in [1.29, 1.82) is 0 Å². The van der Waals surface area contributed by atoms with Gasteiger partial charge in [-0.25, -0.2) is 0 Å². The Bertz CT molecular complexity index is 82.9. The number of aliphatic carboxylic acids is 1. The van der Waals surface area contributed by atoms with Gasteiger partial charge in [0, 0.05) is 51.4 Å². The van der Waals surface area contributed by atoms with Crippen molar-refractivity contribution in [2.75, 3.05) is 0 Å². The Kier molecular flexibility index (Phi) is 5.94. The predicted octanol–water partition coefficient (Wildman–Crippen LogP) is 0.736. The van der Waals surface area contributed by atoms with Gasteiger partial charge in [0.1, 0.15) is 0 Å². The van der Waals surface area contributed by atoms with Gasteiger partial charge in [-0.3, -0.25) is 4.79 Å². The van der Waals surface area contributed by atoms with E-state index in [0.717, 1.165) is 0 Å². The van der Waals surface area contributed by atoms with Gasteiger partial charge in [-0.2, -0.15) is 0 Å². The van der Waals surface area contributed by atoms with Crippen molar-refractivity contribution >= 4 is 57.4 Å². The number of rotatable bonds is 0. The summed E-state index contributed by atoms with van der Waals surface area (Å²) in [6, 6.07) is 0. The first kappa shape index (κ1) is 11.8. The standard InChI is InChI=1S/C5H10O2.K/c1-5(2,3)4(6)7;/h1-3H3,(H,6,7);. The van der Waals surface area contributed by atoms with Crippen molar-refractivity contribution < 1.29 is 9.90 Å². The Hall–Kier alpha value is 1.11. The quantitative estimate of drug-likeness (QED) is 0.505. The van der Waals surface area contributed by atoms with E-state index in [1.54, 1.807) is 20.8 Å². The van der Waals surface area contributed by atoms with Crippen molar-refractivity contribution in [3.63, 3.8) is 0 Å². The van der Waals surface area contributed by atoms with Crippen LogP contribution in [0.25, 0.3) is 0 Å². The number of hydrogen-bond acceptors (Lipinski definition) is 1. The second-order valence-corrected chi connectivity index (χ2v) is 2.56. The summed E-state index contributed by atoms with van der Waals surface area (Å²) in [5.74, 6) is -0.757. The third-order valence-electron chi connectivity index (χ3n) is 0.642. The summed E-state index contributed by atoms with van der Waals surface area (Å²) in [7, 11) is 0. The molecule has 0 saturated carbocycles. The summed E-state index contributed by atoms with van der Waals surface area (Å²) < 4.78 is 0. The molecule has 1 N–H and O–H groups in total. The van der Waals surface area contributed by atoms with Gasteiger partial charge < -0.3 is 5.11 Å². The predicted molar refractivity (Wildman–Crippen MR) is 32.8 cm³/mol. The molecule has 0 aliphatic carbocycles. The van der Waals surface area contributed by atoms with Crippen LogP contribution in [-0.2, 0) is 4.79 Å². The molecule has 0 fully saturated rings. The van der Waals surface area contributed by atoms with Gasteiger partial charge >= 0.3 is 5.97 Å². The van der Waals surface area contributed by atoms with Gasteiger partial charge in [-0.05, 0) is 20.8 Å². The molecule has 0 aliphatic heterocycles. The first-order valence-corrected chi connectivity index (χ1v) is 2.18. The van der Waals surface area contributed by atoms with Crippen LogP contribution in [0.4, 0.5) is 0 Å². The number of hydrogen-bond donors (Lipinski definition) is 1. The Morgan fingerprint density at radius 3 is 1.50 bits per heavy atom. The van der Waals surface area contributed by atoms with E-state index < -0.39 is 11.4 Å². The van der Waals surface area contributed by atoms with Crippen LogP contribution in [0.3, 0.4) is 0 Å². The summed E-state index contributed by atoms with van der Waals surface area (Å²) in [6.07, 6.45) is 0. The van der Waals surface area contributed by atoms with Crippen molar-refractivity contribution in [2.24, 2.45) is 5.41 Å². The molecule has 3 heteroatoms. The van der Waals surface area contributed by atoms with Crippen LogP contribution >= 0.6 is 0 Å². The molecule has 0 aromatic heterocycles. The molecule has 2 nitrogen and oxygen atoms in total. The molecule has 0 rings (SSSR count). The van der Waals surface area contributed by atoms with E-state index in [1.807, 2.05) is 0 Å². The molecule has 0 amide bonds. The molecule has 0 aromatic rings. The van der Waals surface area contributed by atoms with E-state index in [0.29, 0.717) is 0 Å². The van der Waals surface area contributed by atoms with Crippen molar-refractivity contribution in [3.8, 4) is 0 Å². The normalized spacial score (nSPS) is 9.88. The van der Waals surface area contributed by atoms with Crippen LogP contribution in [0, 0.1) is 5.41 Å². The van der Waals surface area contributed by atoms with Crippen LogP contribution in [-0.4, -0.2) is 62.5 Å². The Balaban J connectivity index is 0. The minimum Gasteiger partial charge on any atom is -0.481 e. The van der Waals surface area contributed by atoms with Crippen LogP contribution < -0.4 is 0 Å². The largest absolute Gasteiger partial charge is 0.481 e. The van der Waals surface area contributed by atoms with Gasteiger partial charge in [0.15, 0.2) is 0 Å². The first-order chi connectivity index (χ1) is 2.94. The number of carbonyl (C=O) groups is 1. The van der Waals surface area contributed by atoms with Crippen molar-refractivity contribution in [2.45, 2.75) is 20.8 Å². The van der Waals surface area contributed by atoms with Crippen LogP contribution in [0.2, 0.25) is 0 Å². The Morgan fingerprint density at radius 2 is 1.50 bits per heavy atom. The van der Waals surface area contributed by atoms with Crippen LogP contribution in [0.15, 0.2) is 0 Å². The number of carboxylic acids is 1. The molecule has 0 atom stereocenters. The van der Waals surface area contributed by atoms with E-state index >= 15 is 0 Å². The molecule has 8 heavy (non-hydrogen) atoms. The van der Waals surface area contributed by atoms with Gasteiger partial charge in [0.05, 0.1) is 5.41 Å². The molecular weight excluding hydrogens is 131 g/mol. The van der Waals surface area contributed by atoms with Crippen LogP contribution in [0.1, 0.15) is 20.8 Å². The van der Waals surface area contributed by atoms with E-state index in [1.165, 1.54) is 0 Å². The smallest absolute Gasteiger partial charge is 0.308 e. The maximum Gasteiger partial charge on any atom is 0.308 e. The first-order valence-electron chi connectivity index (χ1n) is 2.18. The number of carboxylic acid groups (broad SMARTS) is 1. The molecule has 1 radical (unpaired) electrons. The van der Waals surface area contributed by atoms with E-state index in [-0.39, 0.29) is 51.4 Å². The second-order valence-electron chi connectivity index (χ2n) is 2.56. The maximum absolute atomic E-state index is 10.0. The maximum atomic E-state index is 10.0. The molecule has 0 heterocycles. The topological polar surface area (TPSA) is 37.3 Å². The van der Waals surface area contributed by atoms with E-state index in [4.69, 9.17) is 5.11 Å². The average Bonchev–Trinajstić information content (AvgIpc) is 1.31. The van der Waals surface area contributed by atoms with Gasteiger partial charge in [0.25, 0.3) is 0 Å². The van der Waals surface area contributed by atoms with Gasteiger partial charge in [-0.1, -0.05) is 0 Å². The summed E-state index contributed by atoms with van der Waals surface area (Å²) in [5, 5.41) is 8.25. The fourth-order valence-corrected chi connectivity index (χ4v) is 0. The third-order valence-corrected chi connectivity index (χ3v) is 0.642. The molecule has 0 aromatic carbocycles. The Labute approximate surface area is 92.1 Å². The van der Waals surface area contributed by atoms with E-state index in [9.17, 15) is 4.79 Å². The second kappa shape index (κ2) is 4.01. The molecule has 43 valence electrons. The van der Waals surface area contributed by atoms with E-state index in [2.05, 4.69) is 0 Å². The summed E-state index contributed by atoms with van der Waals surface area (Å²) >= 11 is 0. The molecule has 0 saturated heterocycles. The third kappa shape index (κ3) is 5.25. The molecule has 0 aliphatic rings. The Morgan fingerprint density at radius 1 is 1.38 bits per heavy atom. The SMILES string of the molecule is CC(C)(C)C(=O)O.[K]. The zero-order chi connectivity index (χ0) is 6.08. The zero-order valence-electron chi connectivity index (χ0n) is 5.86. The van der Waals surface area contributed by atoms with Crippen LogP contribution in [0.5, 0.6) is 0 Å². The summed E-state index contributed by atoms with van der Waals surface area (Å²) in [5.41, 5.74) is -0.583. The molecule has 0 bridgehead atoms. The molecule has 0 spiro atoms. The van der Waals surface area contributed by atoms with Gasteiger partial charge in [0.2, 0.25) is 0 Å². The molecular formula is C5H10KO2. The minimum absolute atomic E-state index is 0.